The molecule has 182 valence electrons. The number of rotatable bonds is 7. The van der Waals surface area contributed by atoms with Crippen LogP contribution in [0.1, 0.15) is 36.7 Å². The number of aromatic nitrogens is 2. The predicted octanol–water partition coefficient (Wildman–Crippen LogP) is 3.52. The lowest BCUT2D eigenvalue weighted by molar-refractivity contribution is -0.173. The van der Waals surface area contributed by atoms with E-state index in [-0.39, 0.29) is 31.1 Å². The van der Waals surface area contributed by atoms with Crippen molar-refractivity contribution in [3.63, 3.8) is 0 Å². The summed E-state index contributed by atoms with van der Waals surface area (Å²) < 4.78 is 47.9. The Morgan fingerprint density at radius 1 is 1.21 bits per heavy atom. The maximum absolute atomic E-state index is 12.4. The van der Waals surface area contributed by atoms with Gasteiger partial charge in [-0.1, -0.05) is 0 Å². The highest BCUT2D eigenvalue weighted by Gasteiger charge is 2.34. The molecule has 0 saturated carbocycles. The van der Waals surface area contributed by atoms with Crippen molar-refractivity contribution in [3.8, 4) is 0 Å². The van der Waals surface area contributed by atoms with Gasteiger partial charge < -0.3 is 19.7 Å². The Bertz CT molecular complexity index is 1010. The van der Waals surface area contributed by atoms with Crippen molar-refractivity contribution < 1.29 is 32.2 Å². The number of benzene rings is 1. The highest BCUT2D eigenvalue weighted by Crippen LogP contribution is 2.24. The molecule has 33 heavy (non-hydrogen) atoms. The molecule has 1 N–H and O–H groups in total. The quantitative estimate of drug-likeness (QED) is 0.626. The SMILES string of the molecule is Cc1c(C(=O)NCCOCC(F)(F)F)ccc2nn(CC3CN(C(=O)OC(C)(C)C)C3)cc12. The van der Waals surface area contributed by atoms with E-state index < -0.39 is 18.4 Å². The number of amides is 2. The number of halogens is 3. The Kier molecular flexibility index (Phi) is 7.20. The molecule has 1 fully saturated rings. The molecule has 1 aliphatic heterocycles. The van der Waals surface area contributed by atoms with E-state index in [1.807, 2.05) is 27.0 Å². The molecular formula is C22H29F3N4O4. The van der Waals surface area contributed by atoms with Gasteiger partial charge in [-0.3, -0.25) is 9.48 Å². The first kappa shape index (κ1) is 24.8. The zero-order chi connectivity index (χ0) is 24.4. The second kappa shape index (κ2) is 9.58. The molecule has 0 atom stereocenters. The number of aryl methyl sites for hydroxylation is 1. The molecule has 11 heteroatoms. The van der Waals surface area contributed by atoms with Crippen LogP contribution in [0.4, 0.5) is 18.0 Å². The van der Waals surface area contributed by atoms with Crippen molar-refractivity contribution in [2.45, 2.75) is 46.0 Å². The molecule has 2 heterocycles. The van der Waals surface area contributed by atoms with Gasteiger partial charge in [-0.05, 0) is 45.4 Å². The molecule has 0 unspecified atom stereocenters. The summed E-state index contributed by atoms with van der Waals surface area (Å²) in [5.74, 6) is -0.128. The zero-order valence-electron chi connectivity index (χ0n) is 19.2. The van der Waals surface area contributed by atoms with Gasteiger partial charge in [0.25, 0.3) is 5.91 Å². The highest BCUT2D eigenvalue weighted by atomic mass is 19.4. The predicted molar refractivity (Wildman–Crippen MR) is 115 cm³/mol. The number of hydrogen-bond donors (Lipinski definition) is 1. The maximum atomic E-state index is 12.4. The van der Waals surface area contributed by atoms with Gasteiger partial charge in [-0.25, -0.2) is 4.79 Å². The van der Waals surface area contributed by atoms with Crippen molar-refractivity contribution in [3.05, 3.63) is 29.5 Å². The molecule has 8 nitrogen and oxygen atoms in total. The second-order valence-electron chi connectivity index (χ2n) is 9.20. The van der Waals surface area contributed by atoms with Crippen LogP contribution in [0.2, 0.25) is 0 Å². The number of hydrogen-bond acceptors (Lipinski definition) is 5. The van der Waals surface area contributed by atoms with Crippen LogP contribution in [0.15, 0.2) is 18.3 Å². The summed E-state index contributed by atoms with van der Waals surface area (Å²) in [5, 5.41) is 7.95. The monoisotopic (exact) mass is 470 g/mol. The Hall–Kier alpha value is -2.82. The van der Waals surface area contributed by atoms with Crippen LogP contribution in [0.25, 0.3) is 10.9 Å². The number of likely N-dealkylation sites (tertiary alicyclic amines) is 1. The number of alkyl halides is 3. The molecule has 1 saturated heterocycles. The zero-order valence-corrected chi connectivity index (χ0v) is 19.2. The third-order valence-electron chi connectivity index (χ3n) is 5.10. The van der Waals surface area contributed by atoms with E-state index in [1.165, 1.54) is 0 Å². The van der Waals surface area contributed by atoms with Gasteiger partial charge in [0.2, 0.25) is 0 Å². The molecule has 0 spiro atoms. The normalized spacial score (nSPS) is 14.9. The Morgan fingerprint density at radius 3 is 2.55 bits per heavy atom. The Balaban J connectivity index is 1.54. The first-order chi connectivity index (χ1) is 15.3. The average molecular weight is 470 g/mol. The first-order valence-electron chi connectivity index (χ1n) is 10.7. The van der Waals surface area contributed by atoms with Gasteiger partial charge in [0.05, 0.1) is 12.1 Å². The van der Waals surface area contributed by atoms with Crippen molar-refractivity contribution in [2.75, 3.05) is 32.8 Å². The van der Waals surface area contributed by atoms with E-state index >= 15 is 0 Å². The first-order valence-corrected chi connectivity index (χ1v) is 10.7. The van der Waals surface area contributed by atoms with Gasteiger partial charge >= 0.3 is 12.3 Å². The summed E-state index contributed by atoms with van der Waals surface area (Å²) in [6, 6.07) is 3.39. The third kappa shape index (κ3) is 6.83. The molecule has 1 aromatic carbocycles. The van der Waals surface area contributed by atoms with E-state index in [4.69, 9.17) is 4.74 Å². The Labute approximate surface area is 190 Å². The number of fused-ring (bicyclic) bond motifs is 1. The Morgan fingerprint density at radius 2 is 1.91 bits per heavy atom. The topological polar surface area (TPSA) is 85.7 Å². The minimum atomic E-state index is -4.39. The third-order valence-corrected chi connectivity index (χ3v) is 5.10. The lowest BCUT2D eigenvalue weighted by Gasteiger charge is -2.39. The molecule has 2 amide bonds. The fourth-order valence-corrected chi connectivity index (χ4v) is 3.57. The van der Waals surface area contributed by atoms with E-state index in [0.29, 0.717) is 25.2 Å². The highest BCUT2D eigenvalue weighted by molar-refractivity contribution is 6.00. The van der Waals surface area contributed by atoms with Crippen molar-refractivity contribution in [1.82, 2.24) is 20.0 Å². The van der Waals surface area contributed by atoms with Gasteiger partial charge in [0.15, 0.2) is 0 Å². The van der Waals surface area contributed by atoms with Crippen LogP contribution >= 0.6 is 0 Å². The minimum absolute atomic E-state index is 0.0263. The summed E-state index contributed by atoms with van der Waals surface area (Å²) in [5.41, 5.74) is 1.37. The minimum Gasteiger partial charge on any atom is -0.444 e. The number of nitrogens with zero attached hydrogens (tertiary/aromatic N) is 3. The fraction of sp³-hybridized carbons (Fsp3) is 0.591. The van der Waals surface area contributed by atoms with Crippen molar-refractivity contribution in [1.29, 1.82) is 0 Å². The molecular weight excluding hydrogens is 441 g/mol. The average Bonchev–Trinajstić information content (AvgIpc) is 3.05. The van der Waals surface area contributed by atoms with E-state index in [0.717, 1.165) is 16.5 Å². The maximum Gasteiger partial charge on any atom is 0.411 e. The molecule has 2 aromatic rings. The van der Waals surface area contributed by atoms with Gasteiger partial charge in [-0.2, -0.15) is 18.3 Å². The van der Waals surface area contributed by atoms with Gasteiger partial charge in [0.1, 0.15) is 12.2 Å². The standard InChI is InChI=1S/C22H29F3N4O4/c1-14-16(19(30)26-7-8-32-13-22(23,24)25)5-6-18-17(14)12-29(27-18)11-15-9-28(10-15)20(31)33-21(2,3)4/h5-6,12,15H,7-11,13H2,1-4H3,(H,26,30). The molecule has 1 aliphatic rings. The van der Waals surface area contributed by atoms with Gasteiger partial charge in [0, 0.05) is 49.2 Å². The smallest absolute Gasteiger partial charge is 0.411 e. The summed E-state index contributed by atoms with van der Waals surface area (Å²) in [7, 11) is 0. The van der Waals surface area contributed by atoms with Crippen LogP contribution < -0.4 is 5.32 Å². The van der Waals surface area contributed by atoms with Crippen molar-refractivity contribution in [2.24, 2.45) is 5.92 Å². The van der Waals surface area contributed by atoms with Crippen LogP contribution in [-0.4, -0.2) is 71.3 Å². The number of nitrogens with one attached hydrogen (secondary N) is 1. The molecule has 0 radical (unpaired) electrons. The van der Waals surface area contributed by atoms with Crippen LogP contribution in [0, 0.1) is 12.8 Å². The van der Waals surface area contributed by atoms with Crippen LogP contribution in [0.5, 0.6) is 0 Å². The van der Waals surface area contributed by atoms with Gasteiger partial charge in [-0.15, -0.1) is 0 Å². The number of carbonyl (C=O) groups is 2. The molecule has 0 aliphatic carbocycles. The molecule has 3 rings (SSSR count). The number of ether oxygens (including phenoxy) is 2. The largest absolute Gasteiger partial charge is 0.444 e. The lowest BCUT2D eigenvalue weighted by Crippen LogP contribution is -2.52. The van der Waals surface area contributed by atoms with Crippen molar-refractivity contribution >= 4 is 22.9 Å². The molecule has 1 aromatic heterocycles. The lowest BCUT2D eigenvalue weighted by atomic mass is 10.0. The van der Waals surface area contributed by atoms with Crippen LogP contribution in [0.3, 0.4) is 0 Å². The fourth-order valence-electron chi connectivity index (χ4n) is 3.57. The summed E-state index contributed by atoms with van der Waals surface area (Å²) in [4.78, 5) is 26.2. The van der Waals surface area contributed by atoms with E-state index in [9.17, 15) is 22.8 Å². The summed E-state index contributed by atoms with van der Waals surface area (Å²) >= 11 is 0. The van der Waals surface area contributed by atoms with E-state index in [2.05, 4.69) is 15.2 Å². The molecule has 0 bridgehead atoms. The summed E-state index contributed by atoms with van der Waals surface area (Å²) in [6.07, 6.45) is -2.84. The summed E-state index contributed by atoms with van der Waals surface area (Å²) in [6.45, 7) is 7.50. The van der Waals surface area contributed by atoms with E-state index in [1.54, 1.807) is 28.6 Å². The van der Waals surface area contributed by atoms with Crippen LogP contribution in [-0.2, 0) is 16.0 Å². The number of carbonyl (C=O) groups excluding carboxylic acids is 2. The second-order valence-corrected chi connectivity index (χ2v) is 9.20.